The number of imidazole rings is 3. The Balaban J connectivity index is 0.000000163. The minimum atomic E-state index is -0.927. The molecule has 3 saturated carbocycles. The van der Waals surface area contributed by atoms with E-state index >= 15 is 0 Å². The summed E-state index contributed by atoms with van der Waals surface area (Å²) in [6.07, 6.45) is 28.9. The van der Waals surface area contributed by atoms with Crippen LogP contribution in [0, 0.1) is 10.1 Å². The summed E-state index contributed by atoms with van der Waals surface area (Å²) in [5.74, 6) is 0.352. The van der Waals surface area contributed by atoms with Gasteiger partial charge in [-0.2, -0.15) is 0 Å². The first-order valence-corrected chi connectivity index (χ1v) is 37.0. The van der Waals surface area contributed by atoms with Crippen molar-refractivity contribution in [3.63, 3.8) is 0 Å². The van der Waals surface area contributed by atoms with Gasteiger partial charge in [0.2, 0.25) is 0 Å². The number of ether oxygens (including phenoxy) is 1. The number of nitro benzene ring substituents is 1. The Kier molecular flexibility index (Phi) is 28.2. The number of rotatable bonds is 21. The Hall–Kier alpha value is -11.6. The van der Waals surface area contributed by atoms with E-state index in [0.717, 1.165) is 122 Å². The Morgan fingerprint density at radius 1 is 0.532 bits per heavy atom. The number of amides is 2. The number of nitrogens with one attached hydrogen (secondary N) is 3. The number of nitrogens with zero attached hydrogens (tertiary/aromatic N) is 7. The number of ketones is 2. The van der Waals surface area contributed by atoms with Crippen molar-refractivity contribution >= 4 is 85.5 Å². The number of hydrogen-bond acceptors (Lipinski definition) is 17. The molecular weight excluding hydrogens is 1580 g/mol. The third-order valence-electron chi connectivity index (χ3n) is 20.5. The van der Waals surface area contributed by atoms with E-state index in [1.165, 1.54) is 90.9 Å². The van der Waals surface area contributed by atoms with Crippen molar-refractivity contribution in [1.29, 1.82) is 0 Å². The van der Waals surface area contributed by atoms with Gasteiger partial charge in [-0.05, 0) is 173 Å². The standard InChI is InChI=1S/C28H30N4O3.C28H29N4O3.C18H18N2O3.C10H12N2O4.CH4.W/c2*1-18(33)24(15-19-7-10-22(29)11-8-19)31-28(34)20-9-12-26-25(16-20)30-27(21-13-14-35-17-21)32(26)23-5-3-2-4-6-23;21-18(22)12-6-7-16-15(10-12)19-17(13-8-9-23-11-13)20(16)14-4-2-1-3-5-14;1-16-10(13)9(11)6-7-2-4-8(5-3-7)12(14)15;;/h7-14,16-17,23-24H,2-6,15,29H2,1H3,(H,31,34);7-14,16-17,23-24,29H,2-6,15H2,1H3,(H,31,34);6-11,14H,1-5H2,(H,21,22);2-5,9H,6,11H2,1H3;1H4;/q;-1;;;;/t2*24-;;9-;;/m00.0../s1. The third-order valence-corrected chi connectivity index (χ3v) is 20.5. The van der Waals surface area contributed by atoms with E-state index in [9.17, 15) is 44.0 Å². The number of aromatic nitrogens is 6. The molecule has 3 atom stereocenters. The number of carboxylic acid groups (broad SMARTS) is 1. The summed E-state index contributed by atoms with van der Waals surface area (Å²) >= 11 is 0. The number of fused-ring (bicyclic) bond motifs is 3. The first kappa shape index (κ1) is 81.9. The van der Waals surface area contributed by atoms with Crippen LogP contribution < -0.4 is 22.1 Å². The molecule has 111 heavy (non-hydrogen) atoms. The molecule has 0 bridgehead atoms. The zero-order chi connectivity index (χ0) is 76.7. The Morgan fingerprint density at radius 3 is 1.21 bits per heavy atom. The number of nitrogen functional groups attached to an aromatic ring is 1. The van der Waals surface area contributed by atoms with Gasteiger partial charge in [-0.1, -0.05) is 114 Å². The van der Waals surface area contributed by atoms with Gasteiger partial charge in [-0.3, -0.25) is 34.1 Å². The van der Waals surface area contributed by atoms with E-state index in [-0.39, 0.29) is 63.1 Å². The number of nitrogens with two attached hydrogens (primary N) is 2. The number of hydrogen-bond donors (Lipinski definition) is 5. The summed E-state index contributed by atoms with van der Waals surface area (Å²) in [6.45, 7) is 2.98. The molecule has 2 amide bonds. The molecule has 3 aliphatic rings. The summed E-state index contributed by atoms with van der Waals surface area (Å²) in [7, 11) is 1.26. The van der Waals surface area contributed by atoms with E-state index in [1.807, 2.05) is 78.9 Å². The average Bonchev–Trinajstić information content (AvgIpc) is 1.63. The number of carboxylic acids is 1. The topological polar surface area (TPSA) is 368 Å². The van der Waals surface area contributed by atoms with Crippen molar-refractivity contribution in [2.24, 2.45) is 5.73 Å². The van der Waals surface area contributed by atoms with Crippen LogP contribution in [0.1, 0.15) is 183 Å². The van der Waals surface area contributed by atoms with Gasteiger partial charge >= 0.3 is 11.9 Å². The molecule has 0 unspecified atom stereocenters. The number of carbonyl (C=O) groups is 6. The smallest absolute Gasteiger partial charge is 0.335 e. The molecule has 8 N–H and O–H groups in total. The summed E-state index contributed by atoms with van der Waals surface area (Å²) in [5.41, 5.74) is 31.9. The molecule has 0 radical (unpaired) electrons. The molecule has 15 rings (SSSR count). The molecule has 6 aromatic heterocycles. The van der Waals surface area contributed by atoms with Gasteiger partial charge in [0.25, 0.3) is 17.5 Å². The molecule has 578 valence electrons. The Labute approximate surface area is 657 Å². The van der Waals surface area contributed by atoms with Crippen molar-refractivity contribution in [2.45, 2.75) is 173 Å². The number of anilines is 1. The number of Topliss-reactive ketones (excluding diaryl/α,β-unsaturated/α-hetero) is 2. The van der Waals surface area contributed by atoms with Gasteiger partial charge < -0.3 is 64.6 Å². The van der Waals surface area contributed by atoms with Crippen LogP contribution in [0.4, 0.5) is 17.1 Å². The number of benzene rings is 6. The van der Waals surface area contributed by atoms with Crippen molar-refractivity contribution in [2.75, 3.05) is 12.8 Å². The van der Waals surface area contributed by atoms with E-state index in [0.29, 0.717) is 59.9 Å². The normalized spacial score (nSPS) is 14.6. The van der Waals surface area contributed by atoms with Gasteiger partial charge in [0.05, 0.1) is 98.3 Å². The summed E-state index contributed by atoms with van der Waals surface area (Å²) < 4.78 is 27.2. The fourth-order valence-corrected chi connectivity index (χ4v) is 14.7. The van der Waals surface area contributed by atoms with Crippen molar-refractivity contribution < 1.29 is 77.9 Å². The first-order chi connectivity index (χ1) is 52.8. The number of furan rings is 3. The monoisotopic (exact) mass is 1670 g/mol. The van der Waals surface area contributed by atoms with E-state index in [4.69, 9.17) is 45.4 Å². The second kappa shape index (κ2) is 38.2. The SMILES string of the molecule is C.CC(=O)[C@H](Cc1ccc(N)cc1)NC(=O)c1ccc2c(c1)nc(-c1ccoc1)n2C1CCCCC1.CC(=O)[C@H](Cc1ccc([NH-])cc1)NC(=O)c1ccc2c(c1)nc(-c1ccoc1)n2C1CCCCC1.COC(=O)[C@@H](N)Cc1ccc([N+](=O)[O-])cc1.O=C(O)c1ccc2c(c1)nc(-c1ccoc1)n2C1CCCCC1.[W]. The van der Waals surface area contributed by atoms with Crippen LogP contribution in [-0.4, -0.2) is 99.2 Å². The van der Waals surface area contributed by atoms with Gasteiger partial charge in [-0.25, -0.2) is 19.7 Å². The summed E-state index contributed by atoms with van der Waals surface area (Å²) in [6, 6.07) is 41.5. The average molecular weight is 1670 g/mol. The number of aromatic carboxylic acids is 1. The number of carbonyl (C=O) groups excluding carboxylic acids is 5. The molecule has 25 nitrogen and oxygen atoms in total. The molecule has 0 aliphatic heterocycles. The van der Waals surface area contributed by atoms with Gasteiger partial charge in [0.15, 0.2) is 11.6 Å². The molecular formula is C85H93N12O13W-. The fraction of sp³-hybridized carbons (Fsp3) is 0.329. The molecule has 26 heteroatoms. The van der Waals surface area contributed by atoms with Gasteiger partial charge in [-0.15, -0.1) is 5.69 Å². The first-order valence-electron chi connectivity index (χ1n) is 37.0. The second-order valence-corrected chi connectivity index (χ2v) is 28.1. The predicted molar refractivity (Wildman–Crippen MR) is 422 cm³/mol. The third kappa shape index (κ3) is 20.3. The van der Waals surface area contributed by atoms with Crippen LogP contribution in [0.5, 0.6) is 0 Å². The maximum atomic E-state index is 13.1. The molecule has 0 saturated heterocycles. The van der Waals surface area contributed by atoms with Gasteiger partial charge in [0.1, 0.15) is 42.3 Å². The maximum Gasteiger partial charge on any atom is 0.335 e. The fourth-order valence-electron chi connectivity index (χ4n) is 14.7. The predicted octanol–water partition coefficient (Wildman–Crippen LogP) is 17.5. The van der Waals surface area contributed by atoms with Crippen molar-refractivity contribution in [3.05, 3.63) is 232 Å². The van der Waals surface area contributed by atoms with Crippen molar-refractivity contribution in [1.82, 2.24) is 39.3 Å². The Bertz CT molecular complexity index is 4920. The number of methoxy groups -OCH3 is 1. The largest absolute Gasteiger partial charge is 0.699 e. The van der Waals surface area contributed by atoms with E-state index in [2.05, 4.69) is 29.1 Å². The van der Waals surface area contributed by atoms with Crippen LogP contribution in [0.15, 0.2) is 196 Å². The quantitative estimate of drug-likeness (QED) is 0.0193. The minimum Gasteiger partial charge on any atom is -0.699 e. The van der Waals surface area contributed by atoms with Crippen LogP contribution in [-0.2, 0) is 59.4 Å². The second-order valence-electron chi connectivity index (χ2n) is 28.1. The molecule has 12 aromatic rings. The molecule has 6 aromatic carbocycles. The molecule has 3 aliphatic carbocycles. The molecule has 0 spiro atoms. The number of nitro groups is 1. The maximum absolute atomic E-state index is 13.1. The Morgan fingerprint density at radius 2 is 0.874 bits per heavy atom. The molecule has 6 heterocycles. The minimum absolute atomic E-state index is 0. The zero-order valence-corrected chi connectivity index (χ0v) is 64.5. The van der Waals surface area contributed by atoms with Crippen LogP contribution in [0.2, 0.25) is 0 Å². The molecule has 3 fully saturated rings. The van der Waals surface area contributed by atoms with Crippen LogP contribution >= 0.6 is 0 Å². The summed E-state index contributed by atoms with van der Waals surface area (Å²) in [4.78, 5) is 97.5. The van der Waals surface area contributed by atoms with Crippen molar-refractivity contribution in [3.8, 4) is 34.2 Å². The van der Waals surface area contributed by atoms with Crippen LogP contribution in [0.25, 0.3) is 73.0 Å². The summed E-state index contributed by atoms with van der Waals surface area (Å²) in [5, 5.41) is 25.4. The van der Waals surface area contributed by atoms with Gasteiger partial charge in [0, 0.05) is 68.1 Å². The zero-order valence-electron chi connectivity index (χ0n) is 61.6. The number of esters is 1. The van der Waals surface area contributed by atoms with E-state index < -0.39 is 35.0 Å². The van der Waals surface area contributed by atoms with E-state index in [1.54, 1.807) is 92.2 Å². The van der Waals surface area contributed by atoms with Crippen LogP contribution in [0.3, 0.4) is 0 Å². The number of non-ortho nitro benzene ring substituents is 1.